The summed E-state index contributed by atoms with van der Waals surface area (Å²) in [5.74, 6) is 5.80. The first kappa shape index (κ1) is 22.8. The van der Waals surface area contributed by atoms with Crippen LogP contribution in [0.1, 0.15) is 27.2 Å². The molecule has 1 fully saturated rings. The van der Waals surface area contributed by atoms with Gasteiger partial charge in [-0.3, -0.25) is 14.7 Å². The first-order valence-corrected chi connectivity index (χ1v) is 11.4. The summed E-state index contributed by atoms with van der Waals surface area (Å²) in [5.41, 5.74) is 4.77. The lowest BCUT2D eigenvalue weighted by Crippen LogP contribution is -2.44. The molecule has 1 aromatic carbocycles. The van der Waals surface area contributed by atoms with E-state index in [2.05, 4.69) is 49.1 Å². The second kappa shape index (κ2) is 10.1. The first-order valence-electron chi connectivity index (χ1n) is 11.4. The number of nitrogens with one attached hydrogen (secondary N) is 1. The van der Waals surface area contributed by atoms with Crippen molar-refractivity contribution in [3.8, 4) is 11.8 Å². The highest BCUT2D eigenvalue weighted by Crippen LogP contribution is 2.13. The van der Waals surface area contributed by atoms with Crippen LogP contribution < -0.4 is 10.8 Å². The van der Waals surface area contributed by atoms with Gasteiger partial charge in [0.1, 0.15) is 13.5 Å². The molecular weight excluding hydrogens is 437 g/mol. The van der Waals surface area contributed by atoms with Gasteiger partial charge in [0.25, 0.3) is 5.91 Å². The molecule has 0 aliphatic carbocycles. The van der Waals surface area contributed by atoms with Crippen LogP contribution in [0.3, 0.4) is 0 Å². The average molecular weight is 461 g/mol. The van der Waals surface area contributed by atoms with Crippen molar-refractivity contribution in [2.75, 3.05) is 38.5 Å². The van der Waals surface area contributed by atoms with E-state index in [0.29, 0.717) is 28.0 Å². The largest absolute Gasteiger partial charge is 0.322 e. The lowest BCUT2D eigenvalue weighted by molar-refractivity contribution is 0.102. The minimum Gasteiger partial charge on any atom is -0.322 e. The van der Waals surface area contributed by atoms with E-state index in [1.807, 2.05) is 24.3 Å². The zero-order chi connectivity index (χ0) is 24.2. The summed E-state index contributed by atoms with van der Waals surface area (Å²) in [5, 5.41) is 7.16. The number of piperazine rings is 1. The highest BCUT2D eigenvalue weighted by atomic mass is 16.1. The van der Waals surface area contributed by atoms with Crippen LogP contribution in [0.15, 0.2) is 61.2 Å². The van der Waals surface area contributed by atoms with Crippen molar-refractivity contribution in [1.82, 2.24) is 29.4 Å². The zero-order valence-corrected chi connectivity index (χ0v) is 19.5. The number of carbonyl (C=O) groups excluding carboxylic acids is 1. The van der Waals surface area contributed by atoms with Gasteiger partial charge in [-0.1, -0.05) is 17.4 Å². The molecule has 1 N–H and O–H groups in total. The Morgan fingerprint density at radius 2 is 1.94 bits per heavy atom. The summed E-state index contributed by atoms with van der Waals surface area (Å²) in [4.78, 5) is 26.0. The molecule has 2 radical (unpaired) electrons. The molecule has 0 bridgehead atoms. The third-order valence-electron chi connectivity index (χ3n) is 6.01. The van der Waals surface area contributed by atoms with Gasteiger partial charge < -0.3 is 10.2 Å². The maximum Gasteiger partial charge on any atom is 0.257 e. The zero-order valence-electron chi connectivity index (χ0n) is 19.5. The van der Waals surface area contributed by atoms with Crippen molar-refractivity contribution in [2.45, 2.75) is 6.54 Å². The number of imidazole rings is 1. The van der Waals surface area contributed by atoms with Gasteiger partial charge in [-0.15, -0.1) is 0 Å². The van der Waals surface area contributed by atoms with Crippen LogP contribution in [0.5, 0.6) is 0 Å². The number of rotatable bonds is 4. The molecule has 172 valence electrons. The fourth-order valence-corrected chi connectivity index (χ4v) is 3.95. The van der Waals surface area contributed by atoms with Crippen molar-refractivity contribution in [3.05, 3.63) is 83.6 Å². The molecule has 8 nitrogen and oxygen atoms in total. The van der Waals surface area contributed by atoms with Gasteiger partial charge in [0.2, 0.25) is 0 Å². The number of carbonyl (C=O) groups is 1. The smallest absolute Gasteiger partial charge is 0.257 e. The molecule has 1 saturated heterocycles. The first-order chi connectivity index (χ1) is 17.0. The van der Waals surface area contributed by atoms with E-state index in [0.717, 1.165) is 43.9 Å². The maximum atomic E-state index is 12.8. The van der Waals surface area contributed by atoms with Gasteiger partial charge in [-0.2, -0.15) is 5.10 Å². The van der Waals surface area contributed by atoms with Gasteiger partial charge in [0, 0.05) is 62.6 Å². The quantitative estimate of drug-likeness (QED) is 0.365. The Morgan fingerprint density at radius 1 is 1.09 bits per heavy atom. The van der Waals surface area contributed by atoms with Crippen LogP contribution in [-0.4, -0.2) is 76.4 Å². The number of hydrogen-bond acceptors (Lipinski definition) is 6. The number of aromatic nitrogens is 4. The molecule has 0 atom stereocenters. The highest BCUT2D eigenvalue weighted by Gasteiger charge is 2.15. The van der Waals surface area contributed by atoms with Gasteiger partial charge >= 0.3 is 0 Å². The summed E-state index contributed by atoms with van der Waals surface area (Å²) >= 11 is 0. The second-order valence-corrected chi connectivity index (χ2v) is 8.60. The van der Waals surface area contributed by atoms with Gasteiger partial charge in [-0.05, 0) is 48.9 Å². The van der Waals surface area contributed by atoms with Gasteiger partial charge in [0.15, 0.2) is 5.65 Å². The van der Waals surface area contributed by atoms with E-state index in [4.69, 9.17) is 7.85 Å². The predicted octanol–water partition coefficient (Wildman–Crippen LogP) is 1.32. The number of likely N-dealkylation sites (N-methyl/N-ethyl adjacent to an activating group) is 1. The molecule has 0 spiro atoms. The lowest BCUT2D eigenvalue weighted by Gasteiger charge is -2.32. The van der Waals surface area contributed by atoms with E-state index in [1.54, 1.807) is 35.2 Å². The fraction of sp³-hybridized carbons (Fsp3) is 0.231. The van der Waals surface area contributed by atoms with Crippen LogP contribution >= 0.6 is 0 Å². The third-order valence-corrected chi connectivity index (χ3v) is 6.01. The molecule has 1 amide bonds. The molecule has 1 aliphatic rings. The maximum absolute atomic E-state index is 12.8. The van der Waals surface area contributed by atoms with E-state index < -0.39 is 0 Å². The summed E-state index contributed by atoms with van der Waals surface area (Å²) in [7, 11) is 8.44. The Morgan fingerprint density at radius 3 is 2.77 bits per heavy atom. The molecule has 0 saturated carbocycles. The number of anilines is 1. The summed E-state index contributed by atoms with van der Waals surface area (Å²) in [6.07, 6.45) is 6.47. The standard InChI is InChI=1S/C26H24BN7O/c1-32-9-11-33(12-10-32)18-20-5-6-22(14-24(20)27)31-26(35)21-13-19(15-28-16-21)4-7-23-17-29-25-3-2-8-30-34(23)25/h2-3,5-6,8,13-17H,9-12,18H2,1H3,(H,31,35). The lowest BCUT2D eigenvalue weighted by atomic mass is 9.89. The molecular formula is C26H24BN7O. The number of fused-ring (bicyclic) bond motifs is 1. The Bertz CT molecular complexity index is 1430. The van der Waals surface area contributed by atoms with Gasteiger partial charge in [0.05, 0.1) is 11.8 Å². The Balaban J connectivity index is 1.26. The Labute approximate surface area is 205 Å². The van der Waals surface area contributed by atoms with Crippen molar-refractivity contribution in [2.24, 2.45) is 0 Å². The average Bonchev–Trinajstić information content (AvgIpc) is 3.29. The molecule has 0 unspecified atom stereocenters. The molecule has 1 aliphatic heterocycles. The number of benzene rings is 1. The topological polar surface area (TPSA) is 78.7 Å². The molecule has 5 rings (SSSR count). The summed E-state index contributed by atoms with van der Waals surface area (Å²) in [6.45, 7) is 4.96. The van der Waals surface area contributed by atoms with Crippen molar-refractivity contribution in [3.63, 3.8) is 0 Å². The van der Waals surface area contributed by atoms with Crippen molar-refractivity contribution >= 4 is 30.6 Å². The van der Waals surface area contributed by atoms with Crippen LogP contribution in [0.4, 0.5) is 5.69 Å². The van der Waals surface area contributed by atoms with Crippen LogP contribution in [0, 0.1) is 11.8 Å². The minimum absolute atomic E-state index is 0.274. The van der Waals surface area contributed by atoms with Crippen molar-refractivity contribution < 1.29 is 4.79 Å². The number of amides is 1. The van der Waals surface area contributed by atoms with Crippen LogP contribution in [0.2, 0.25) is 0 Å². The fourth-order valence-electron chi connectivity index (χ4n) is 3.95. The molecule has 4 heterocycles. The Hall–Kier alpha value is -4.00. The second-order valence-electron chi connectivity index (χ2n) is 8.60. The van der Waals surface area contributed by atoms with Crippen molar-refractivity contribution in [1.29, 1.82) is 0 Å². The van der Waals surface area contributed by atoms with Gasteiger partial charge in [-0.25, -0.2) is 9.50 Å². The molecule has 35 heavy (non-hydrogen) atoms. The number of hydrogen-bond donors (Lipinski definition) is 1. The van der Waals surface area contributed by atoms with E-state index in [1.165, 1.54) is 6.20 Å². The third kappa shape index (κ3) is 5.40. The number of nitrogens with zero attached hydrogens (tertiary/aromatic N) is 6. The molecule has 4 aromatic rings. The Kier molecular flexibility index (Phi) is 6.57. The van der Waals surface area contributed by atoms with Crippen LogP contribution in [-0.2, 0) is 6.54 Å². The van der Waals surface area contributed by atoms with E-state index in [-0.39, 0.29) is 5.91 Å². The predicted molar refractivity (Wildman–Crippen MR) is 136 cm³/mol. The molecule has 3 aromatic heterocycles. The normalized spacial score (nSPS) is 14.4. The highest BCUT2D eigenvalue weighted by molar-refractivity contribution is 6.33. The van der Waals surface area contributed by atoms with Crippen LogP contribution in [0.25, 0.3) is 5.65 Å². The minimum atomic E-state index is -0.274. The SMILES string of the molecule is [B]c1cc(NC(=O)c2cncc(C#Cc3cnc4cccnn34)c2)ccc1CN1CCN(C)CC1. The summed E-state index contributed by atoms with van der Waals surface area (Å²) in [6, 6.07) is 11.0. The summed E-state index contributed by atoms with van der Waals surface area (Å²) < 4.78 is 1.66. The van der Waals surface area contributed by atoms with E-state index in [9.17, 15) is 4.79 Å². The van der Waals surface area contributed by atoms with E-state index >= 15 is 0 Å². The monoisotopic (exact) mass is 461 g/mol. The number of pyridine rings is 1. The molecule has 9 heteroatoms.